The third-order valence-corrected chi connectivity index (χ3v) is 3.55. The molecule has 1 aliphatic heterocycles. The Kier molecular flexibility index (Phi) is 4.88. The zero-order valence-corrected chi connectivity index (χ0v) is 12.7. The number of amides is 1. The minimum absolute atomic E-state index is 0.298. The summed E-state index contributed by atoms with van der Waals surface area (Å²) in [5.41, 5.74) is 11.9. The molecular formula is C15H24N4O2. The fourth-order valence-corrected chi connectivity index (χ4v) is 2.46. The number of piperidine rings is 1. The van der Waals surface area contributed by atoms with Gasteiger partial charge in [-0.15, -0.1) is 0 Å². The highest BCUT2D eigenvalue weighted by molar-refractivity contribution is 5.83. The van der Waals surface area contributed by atoms with E-state index in [1.807, 2.05) is 11.0 Å². The molecule has 0 bridgehead atoms. The fourth-order valence-electron chi connectivity index (χ4n) is 2.46. The van der Waals surface area contributed by atoms with Crippen LogP contribution in [-0.2, 0) is 4.79 Å². The number of anilines is 2. The highest BCUT2D eigenvalue weighted by Crippen LogP contribution is 2.28. The summed E-state index contributed by atoms with van der Waals surface area (Å²) in [6, 6.07) is 3.29. The molecule has 116 valence electrons. The number of hydrogen-bond donors (Lipinski definition) is 2. The SMILES string of the molecule is CC(C)COc1nc(N2CCCCC2C(N)=O)ccc1N. The number of carbonyl (C=O) groups excluding carboxylic acids is 1. The molecule has 0 aliphatic carbocycles. The molecule has 6 heteroatoms. The van der Waals surface area contributed by atoms with Crippen LogP contribution >= 0.6 is 0 Å². The van der Waals surface area contributed by atoms with Crippen LogP contribution in [0.3, 0.4) is 0 Å². The van der Waals surface area contributed by atoms with Crippen LogP contribution in [0.1, 0.15) is 33.1 Å². The Labute approximate surface area is 125 Å². The first-order valence-corrected chi connectivity index (χ1v) is 7.44. The van der Waals surface area contributed by atoms with Crippen LogP contribution in [0, 0.1) is 5.92 Å². The molecule has 1 atom stereocenters. The van der Waals surface area contributed by atoms with Gasteiger partial charge >= 0.3 is 0 Å². The predicted octanol–water partition coefficient (Wildman–Crippen LogP) is 1.54. The average molecular weight is 292 g/mol. The lowest BCUT2D eigenvalue weighted by Gasteiger charge is -2.34. The van der Waals surface area contributed by atoms with Gasteiger partial charge in [-0.1, -0.05) is 13.8 Å². The van der Waals surface area contributed by atoms with Gasteiger partial charge in [0.2, 0.25) is 11.8 Å². The number of aromatic nitrogens is 1. The van der Waals surface area contributed by atoms with Crippen molar-refractivity contribution in [3.05, 3.63) is 12.1 Å². The Balaban J connectivity index is 2.22. The zero-order chi connectivity index (χ0) is 15.4. The van der Waals surface area contributed by atoms with Crippen LogP contribution < -0.4 is 21.1 Å². The molecule has 2 heterocycles. The lowest BCUT2D eigenvalue weighted by Crippen LogP contribution is -2.48. The zero-order valence-electron chi connectivity index (χ0n) is 12.7. The molecule has 1 amide bonds. The average Bonchev–Trinajstić information content (AvgIpc) is 2.46. The third kappa shape index (κ3) is 3.77. The number of nitrogen functional groups attached to an aromatic ring is 1. The van der Waals surface area contributed by atoms with Gasteiger partial charge in [-0.3, -0.25) is 4.79 Å². The van der Waals surface area contributed by atoms with Crippen molar-refractivity contribution in [1.29, 1.82) is 0 Å². The second kappa shape index (κ2) is 6.65. The lowest BCUT2D eigenvalue weighted by molar-refractivity contribution is -0.119. The molecule has 1 aromatic rings. The van der Waals surface area contributed by atoms with E-state index in [1.54, 1.807) is 6.07 Å². The van der Waals surface area contributed by atoms with E-state index >= 15 is 0 Å². The summed E-state index contributed by atoms with van der Waals surface area (Å²) in [5, 5.41) is 0. The Morgan fingerprint density at radius 2 is 2.24 bits per heavy atom. The summed E-state index contributed by atoms with van der Waals surface area (Å²) < 4.78 is 5.65. The van der Waals surface area contributed by atoms with Crippen LogP contribution in [0.15, 0.2) is 12.1 Å². The molecule has 4 N–H and O–H groups in total. The molecule has 2 rings (SSSR count). The molecule has 1 saturated heterocycles. The smallest absolute Gasteiger partial charge is 0.240 e. The van der Waals surface area contributed by atoms with Crippen molar-refractivity contribution in [1.82, 2.24) is 4.98 Å². The number of rotatable bonds is 5. The van der Waals surface area contributed by atoms with Gasteiger partial charge in [-0.05, 0) is 37.3 Å². The van der Waals surface area contributed by atoms with E-state index in [0.29, 0.717) is 29.9 Å². The number of carbonyl (C=O) groups is 1. The normalized spacial score (nSPS) is 18.8. The minimum Gasteiger partial charge on any atom is -0.476 e. The van der Waals surface area contributed by atoms with Crippen molar-refractivity contribution in [3.63, 3.8) is 0 Å². The predicted molar refractivity (Wildman–Crippen MR) is 83.2 cm³/mol. The molecule has 0 radical (unpaired) electrons. The molecule has 1 fully saturated rings. The first-order valence-electron chi connectivity index (χ1n) is 7.44. The summed E-state index contributed by atoms with van der Waals surface area (Å²) in [6.07, 6.45) is 2.80. The first-order chi connectivity index (χ1) is 9.99. The fraction of sp³-hybridized carbons (Fsp3) is 0.600. The van der Waals surface area contributed by atoms with Gasteiger partial charge < -0.3 is 21.1 Å². The number of nitrogens with zero attached hydrogens (tertiary/aromatic N) is 2. The topological polar surface area (TPSA) is 94.5 Å². The molecule has 6 nitrogen and oxygen atoms in total. The molecule has 1 aromatic heterocycles. The van der Waals surface area contributed by atoms with E-state index in [-0.39, 0.29) is 11.9 Å². The van der Waals surface area contributed by atoms with Gasteiger partial charge in [0.05, 0.1) is 12.3 Å². The van der Waals surface area contributed by atoms with Crippen LogP contribution in [0.4, 0.5) is 11.5 Å². The highest BCUT2D eigenvalue weighted by atomic mass is 16.5. The maximum absolute atomic E-state index is 11.6. The molecular weight excluding hydrogens is 268 g/mol. The Morgan fingerprint density at radius 1 is 1.48 bits per heavy atom. The van der Waals surface area contributed by atoms with Crippen LogP contribution in [0.5, 0.6) is 5.88 Å². The molecule has 1 unspecified atom stereocenters. The summed E-state index contributed by atoms with van der Waals surface area (Å²) in [5.74, 6) is 1.21. The molecule has 0 aromatic carbocycles. The van der Waals surface area contributed by atoms with E-state index in [0.717, 1.165) is 25.8 Å². The number of ether oxygens (including phenoxy) is 1. The largest absolute Gasteiger partial charge is 0.476 e. The van der Waals surface area contributed by atoms with E-state index in [2.05, 4.69) is 18.8 Å². The van der Waals surface area contributed by atoms with Crippen molar-refractivity contribution >= 4 is 17.4 Å². The van der Waals surface area contributed by atoms with Crippen LogP contribution in [-0.4, -0.2) is 30.1 Å². The van der Waals surface area contributed by atoms with Gasteiger partial charge in [-0.25, -0.2) is 0 Å². The van der Waals surface area contributed by atoms with E-state index < -0.39 is 0 Å². The summed E-state index contributed by atoms with van der Waals surface area (Å²) in [6.45, 7) is 5.45. The molecule has 0 spiro atoms. The second-order valence-corrected chi connectivity index (χ2v) is 5.88. The quantitative estimate of drug-likeness (QED) is 0.858. The van der Waals surface area contributed by atoms with Gasteiger partial charge in [0, 0.05) is 6.54 Å². The molecule has 1 aliphatic rings. The maximum atomic E-state index is 11.6. The summed E-state index contributed by atoms with van der Waals surface area (Å²) in [7, 11) is 0. The summed E-state index contributed by atoms with van der Waals surface area (Å²) in [4.78, 5) is 18.0. The molecule has 21 heavy (non-hydrogen) atoms. The van der Waals surface area contributed by atoms with Gasteiger partial charge in [0.15, 0.2) is 0 Å². The van der Waals surface area contributed by atoms with Gasteiger partial charge in [0.1, 0.15) is 11.9 Å². The maximum Gasteiger partial charge on any atom is 0.240 e. The van der Waals surface area contributed by atoms with Crippen molar-refractivity contribution < 1.29 is 9.53 Å². The van der Waals surface area contributed by atoms with Crippen molar-refractivity contribution in [2.45, 2.75) is 39.2 Å². The van der Waals surface area contributed by atoms with Crippen molar-refractivity contribution in [2.24, 2.45) is 11.7 Å². The van der Waals surface area contributed by atoms with E-state index in [4.69, 9.17) is 16.2 Å². The Morgan fingerprint density at radius 3 is 2.90 bits per heavy atom. The number of pyridine rings is 1. The van der Waals surface area contributed by atoms with Crippen molar-refractivity contribution in [3.8, 4) is 5.88 Å². The monoisotopic (exact) mass is 292 g/mol. The third-order valence-electron chi connectivity index (χ3n) is 3.55. The molecule has 0 saturated carbocycles. The van der Waals surface area contributed by atoms with Crippen LogP contribution in [0.2, 0.25) is 0 Å². The summed E-state index contributed by atoms with van der Waals surface area (Å²) >= 11 is 0. The highest BCUT2D eigenvalue weighted by Gasteiger charge is 2.28. The van der Waals surface area contributed by atoms with E-state index in [1.165, 1.54) is 0 Å². The Hall–Kier alpha value is -1.98. The van der Waals surface area contributed by atoms with Gasteiger partial charge in [0.25, 0.3) is 0 Å². The second-order valence-electron chi connectivity index (χ2n) is 5.88. The number of nitrogens with two attached hydrogens (primary N) is 2. The van der Waals surface area contributed by atoms with E-state index in [9.17, 15) is 4.79 Å². The van der Waals surface area contributed by atoms with Crippen molar-refractivity contribution in [2.75, 3.05) is 23.8 Å². The number of primary amides is 1. The minimum atomic E-state index is -0.307. The first kappa shape index (κ1) is 15.4. The number of hydrogen-bond acceptors (Lipinski definition) is 5. The lowest BCUT2D eigenvalue weighted by atomic mass is 10.0. The van der Waals surface area contributed by atoms with Gasteiger partial charge in [-0.2, -0.15) is 4.98 Å². The Bertz CT molecular complexity index is 504. The standard InChI is InChI=1S/C15H24N4O2/c1-10(2)9-21-15-11(16)6-7-13(18-15)19-8-4-3-5-12(19)14(17)20/h6-7,10,12H,3-5,8-9,16H2,1-2H3,(H2,17,20). The van der Waals surface area contributed by atoms with Crippen LogP contribution in [0.25, 0.3) is 0 Å².